The number of hydrogen-bond acceptors (Lipinski definition) is 0. The Morgan fingerprint density at radius 1 is 1.43 bits per heavy atom. The number of halogens is 2. The van der Waals surface area contributed by atoms with Crippen LogP contribution >= 0.6 is 11.6 Å². The fraction of sp³-hybridized carbons (Fsp3) is 0.0909. The van der Waals surface area contributed by atoms with E-state index in [0.29, 0.717) is 11.6 Å². The van der Waals surface area contributed by atoms with Crippen molar-refractivity contribution in [2.24, 2.45) is 0 Å². The third kappa shape index (κ3) is 1.66. The van der Waals surface area contributed by atoms with E-state index in [0.717, 1.165) is 10.9 Å². The molecule has 3 heteroatoms. The van der Waals surface area contributed by atoms with E-state index in [1.54, 1.807) is 6.07 Å². The van der Waals surface area contributed by atoms with E-state index >= 15 is 0 Å². The minimum absolute atomic E-state index is 0.238. The number of fused-ring (bicyclic) bond motifs is 1. The Kier molecular flexibility index (Phi) is 2.30. The first kappa shape index (κ1) is 9.28. The highest BCUT2D eigenvalue weighted by atomic mass is 35.5. The lowest BCUT2D eigenvalue weighted by atomic mass is 10.2. The van der Waals surface area contributed by atoms with Gasteiger partial charge in [0.05, 0.1) is 12.1 Å². The lowest BCUT2D eigenvalue weighted by Gasteiger charge is -2.02. The molecule has 0 saturated heterocycles. The van der Waals surface area contributed by atoms with Crippen molar-refractivity contribution in [2.45, 2.75) is 6.54 Å². The summed E-state index contributed by atoms with van der Waals surface area (Å²) in [5.41, 5.74) is 0.840. The molecule has 0 spiro atoms. The maximum Gasteiger partial charge on any atom is 0.125 e. The Balaban J connectivity index is 2.55. The van der Waals surface area contributed by atoms with Gasteiger partial charge in [-0.25, -0.2) is 4.39 Å². The van der Waals surface area contributed by atoms with E-state index in [9.17, 15) is 4.39 Å². The normalized spacial score (nSPS) is 10.7. The number of aromatic nitrogens is 1. The van der Waals surface area contributed by atoms with Gasteiger partial charge >= 0.3 is 0 Å². The fourth-order valence-corrected chi connectivity index (χ4v) is 1.61. The van der Waals surface area contributed by atoms with Crippen LogP contribution in [0.25, 0.3) is 10.9 Å². The predicted octanol–water partition coefficient (Wildman–Crippen LogP) is 3.53. The minimum Gasteiger partial charge on any atom is -0.342 e. The summed E-state index contributed by atoms with van der Waals surface area (Å²) < 4.78 is 14.8. The molecule has 0 aliphatic carbocycles. The van der Waals surface area contributed by atoms with Crippen LogP contribution in [0.1, 0.15) is 0 Å². The van der Waals surface area contributed by atoms with Gasteiger partial charge in [-0.3, -0.25) is 0 Å². The van der Waals surface area contributed by atoms with E-state index in [-0.39, 0.29) is 5.82 Å². The lowest BCUT2D eigenvalue weighted by molar-refractivity contribution is 0.628. The van der Waals surface area contributed by atoms with Gasteiger partial charge in [-0.2, -0.15) is 0 Å². The van der Waals surface area contributed by atoms with Gasteiger partial charge in [0.1, 0.15) is 5.82 Å². The third-order valence-corrected chi connectivity index (χ3v) is 2.20. The van der Waals surface area contributed by atoms with E-state index in [4.69, 9.17) is 11.6 Å². The van der Waals surface area contributed by atoms with E-state index < -0.39 is 0 Å². The molecule has 14 heavy (non-hydrogen) atoms. The molecule has 0 unspecified atom stereocenters. The van der Waals surface area contributed by atoms with Crippen LogP contribution in [0.5, 0.6) is 0 Å². The summed E-state index contributed by atoms with van der Waals surface area (Å²) in [6.07, 6.45) is 1.87. The first-order valence-electron chi connectivity index (χ1n) is 4.24. The number of nitrogens with zero attached hydrogens (tertiary/aromatic N) is 1. The number of allylic oxidation sites excluding steroid dienone is 1. The SMILES string of the molecule is C=C(Cl)Cn1ccc2ccc(F)cc21. The van der Waals surface area contributed by atoms with Crippen molar-refractivity contribution in [1.82, 2.24) is 4.57 Å². The molecule has 0 radical (unpaired) electrons. The Labute approximate surface area is 86.4 Å². The topological polar surface area (TPSA) is 4.93 Å². The molecule has 0 atom stereocenters. The minimum atomic E-state index is -0.238. The van der Waals surface area contributed by atoms with E-state index in [2.05, 4.69) is 6.58 Å². The van der Waals surface area contributed by atoms with Gasteiger partial charge in [0.25, 0.3) is 0 Å². The molecule has 1 nitrogen and oxygen atoms in total. The molecule has 1 heterocycles. The van der Waals surface area contributed by atoms with Gasteiger partial charge in [-0.1, -0.05) is 18.2 Å². The summed E-state index contributed by atoms with van der Waals surface area (Å²) in [6.45, 7) is 4.12. The molecular weight excluding hydrogens is 201 g/mol. The van der Waals surface area contributed by atoms with Crippen molar-refractivity contribution in [3.8, 4) is 0 Å². The largest absolute Gasteiger partial charge is 0.342 e. The molecular formula is C11H9ClFN. The van der Waals surface area contributed by atoms with E-state index in [1.807, 2.05) is 16.8 Å². The maximum atomic E-state index is 13.0. The number of benzene rings is 1. The molecule has 0 N–H and O–H groups in total. The fourth-order valence-electron chi connectivity index (χ4n) is 1.48. The first-order valence-corrected chi connectivity index (χ1v) is 4.62. The Hall–Kier alpha value is -1.28. The van der Waals surface area contributed by atoms with Gasteiger partial charge < -0.3 is 4.57 Å². The Morgan fingerprint density at radius 3 is 2.93 bits per heavy atom. The van der Waals surface area contributed by atoms with Crippen molar-refractivity contribution in [2.75, 3.05) is 0 Å². The molecule has 0 bridgehead atoms. The van der Waals surface area contributed by atoms with Gasteiger partial charge in [0.15, 0.2) is 0 Å². The van der Waals surface area contributed by atoms with Crippen LogP contribution in [0.15, 0.2) is 42.1 Å². The van der Waals surface area contributed by atoms with E-state index in [1.165, 1.54) is 12.1 Å². The molecule has 0 aliphatic rings. The van der Waals surface area contributed by atoms with Gasteiger partial charge in [-0.15, -0.1) is 0 Å². The monoisotopic (exact) mass is 209 g/mol. The summed E-state index contributed by atoms with van der Waals surface area (Å²) in [6, 6.07) is 6.62. The van der Waals surface area contributed by atoms with Crippen molar-refractivity contribution in [1.29, 1.82) is 0 Å². The average molecular weight is 210 g/mol. The standard InChI is InChI=1S/C11H9ClFN/c1-8(12)7-14-5-4-9-2-3-10(13)6-11(9)14/h2-6H,1,7H2. The van der Waals surface area contributed by atoms with Crippen LogP contribution in [0.4, 0.5) is 4.39 Å². The van der Waals surface area contributed by atoms with Crippen LogP contribution in [0.2, 0.25) is 0 Å². The zero-order chi connectivity index (χ0) is 10.1. The smallest absolute Gasteiger partial charge is 0.125 e. The predicted molar refractivity (Wildman–Crippen MR) is 56.9 cm³/mol. The second kappa shape index (κ2) is 3.46. The summed E-state index contributed by atoms with van der Waals surface area (Å²) >= 11 is 5.70. The quantitative estimate of drug-likeness (QED) is 0.713. The molecule has 0 fully saturated rings. The van der Waals surface area contributed by atoms with Gasteiger partial charge in [0, 0.05) is 11.2 Å². The third-order valence-electron chi connectivity index (χ3n) is 2.08. The highest BCUT2D eigenvalue weighted by Crippen LogP contribution is 2.18. The van der Waals surface area contributed by atoms with Crippen LogP contribution in [0.3, 0.4) is 0 Å². The zero-order valence-corrected chi connectivity index (χ0v) is 8.26. The summed E-state index contributed by atoms with van der Waals surface area (Å²) in [5, 5.41) is 1.54. The molecule has 0 saturated carbocycles. The summed E-state index contributed by atoms with van der Waals surface area (Å²) in [7, 11) is 0. The van der Waals surface area contributed by atoms with Crippen molar-refractivity contribution in [3.63, 3.8) is 0 Å². The summed E-state index contributed by atoms with van der Waals surface area (Å²) in [5.74, 6) is -0.238. The number of hydrogen-bond donors (Lipinski definition) is 0. The van der Waals surface area contributed by atoms with Crippen molar-refractivity contribution >= 4 is 22.5 Å². The van der Waals surface area contributed by atoms with Crippen LogP contribution in [0, 0.1) is 5.82 Å². The maximum absolute atomic E-state index is 13.0. The average Bonchev–Trinajstić information content (AvgIpc) is 2.47. The second-order valence-electron chi connectivity index (χ2n) is 3.16. The molecule has 1 aromatic carbocycles. The van der Waals surface area contributed by atoms with Crippen LogP contribution < -0.4 is 0 Å². The molecule has 2 rings (SSSR count). The van der Waals surface area contributed by atoms with Crippen LogP contribution in [-0.4, -0.2) is 4.57 Å². The molecule has 0 aliphatic heterocycles. The Bertz CT molecular complexity index is 487. The number of rotatable bonds is 2. The lowest BCUT2D eigenvalue weighted by Crippen LogP contribution is -1.94. The van der Waals surface area contributed by atoms with Crippen molar-refractivity contribution in [3.05, 3.63) is 47.9 Å². The van der Waals surface area contributed by atoms with Crippen molar-refractivity contribution < 1.29 is 4.39 Å². The molecule has 72 valence electrons. The highest BCUT2D eigenvalue weighted by molar-refractivity contribution is 6.29. The van der Waals surface area contributed by atoms with Gasteiger partial charge in [-0.05, 0) is 29.7 Å². The summed E-state index contributed by atoms with van der Waals surface area (Å²) in [4.78, 5) is 0. The highest BCUT2D eigenvalue weighted by Gasteiger charge is 2.02. The molecule has 0 amide bonds. The second-order valence-corrected chi connectivity index (χ2v) is 3.70. The zero-order valence-electron chi connectivity index (χ0n) is 7.50. The molecule has 1 aromatic heterocycles. The Morgan fingerprint density at radius 2 is 2.21 bits per heavy atom. The van der Waals surface area contributed by atoms with Crippen LogP contribution in [-0.2, 0) is 6.54 Å². The molecule has 2 aromatic rings. The van der Waals surface area contributed by atoms with Gasteiger partial charge in [0.2, 0.25) is 0 Å². The first-order chi connectivity index (χ1) is 6.66.